The maximum Gasteiger partial charge on any atom is 0.419 e. The Bertz CT molecular complexity index is 695. The highest BCUT2D eigenvalue weighted by Gasteiger charge is 2.19. The second kappa shape index (κ2) is 5.09. The third-order valence-corrected chi connectivity index (χ3v) is 2.71. The van der Waals surface area contributed by atoms with Crippen LogP contribution in [0.15, 0.2) is 27.4 Å². The van der Waals surface area contributed by atoms with E-state index in [4.69, 9.17) is 4.42 Å². The molecule has 0 aliphatic heterocycles. The van der Waals surface area contributed by atoms with Gasteiger partial charge in [-0.1, -0.05) is 0 Å². The Balaban J connectivity index is 2.49. The molecule has 0 aliphatic rings. The van der Waals surface area contributed by atoms with Gasteiger partial charge in [0.1, 0.15) is 0 Å². The molecule has 0 saturated carbocycles. The monoisotopic (exact) mass is 263 g/mol. The Morgan fingerprint density at radius 2 is 2.05 bits per heavy atom. The zero-order valence-corrected chi connectivity index (χ0v) is 10.6. The number of esters is 1. The molecule has 6 heteroatoms. The molecule has 2 aromatic rings. The maximum atomic E-state index is 11.8. The van der Waals surface area contributed by atoms with Crippen LogP contribution < -0.4 is 5.76 Å². The number of ether oxygens (including phenoxy) is 1. The van der Waals surface area contributed by atoms with Gasteiger partial charge in [0.2, 0.25) is 0 Å². The van der Waals surface area contributed by atoms with Gasteiger partial charge in [-0.3, -0.25) is 9.36 Å². The minimum Gasteiger partial charge on any atom is -0.460 e. The van der Waals surface area contributed by atoms with Crippen molar-refractivity contribution in [2.75, 3.05) is 6.61 Å². The molecule has 1 aromatic carbocycles. The Labute approximate surface area is 108 Å². The topological polar surface area (TPSA) is 78.5 Å². The van der Waals surface area contributed by atoms with Crippen molar-refractivity contribution in [3.05, 3.63) is 34.3 Å². The van der Waals surface area contributed by atoms with E-state index >= 15 is 0 Å². The molecule has 2 rings (SSSR count). The predicted molar refractivity (Wildman–Crippen MR) is 67.1 cm³/mol. The van der Waals surface area contributed by atoms with Gasteiger partial charge in [0.25, 0.3) is 5.78 Å². The van der Waals surface area contributed by atoms with Crippen molar-refractivity contribution in [1.29, 1.82) is 0 Å². The van der Waals surface area contributed by atoms with E-state index in [1.807, 2.05) is 0 Å². The lowest BCUT2D eigenvalue weighted by molar-refractivity contribution is -0.137. The van der Waals surface area contributed by atoms with Crippen LogP contribution in [0.4, 0.5) is 0 Å². The van der Waals surface area contributed by atoms with Gasteiger partial charge in [-0.15, -0.1) is 0 Å². The van der Waals surface area contributed by atoms with E-state index < -0.39 is 17.5 Å². The summed E-state index contributed by atoms with van der Waals surface area (Å²) in [5.41, 5.74) is 1.05. The van der Waals surface area contributed by atoms with E-state index in [-0.39, 0.29) is 12.2 Å². The van der Waals surface area contributed by atoms with Crippen molar-refractivity contribution >= 4 is 22.9 Å². The van der Waals surface area contributed by atoms with Crippen LogP contribution in [0.5, 0.6) is 0 Å². The number of aromatic nitrogens is 1. The van der Waals surface area contributed by atoms with Crippen LogP contribution in [0.25, 0.3) is 11.1 Å². The first-order valence-electron chi connectivity index (χ1n) is 5.93. The lowest BCUT2D eigenvalue weighted by Gasteiger charge is -2.02. The summed E-state index contributed by atoms with van der Waals surface area (Å²) in [7, 11) is 0. The van der Waals surface area contributed by atoms with Crippen molar-refractivity contribution in [2.45, 2.75) is 20.4 Å². The SMILES string of the molecule is CCOC(=O)C(=O)c1ccc2oc(=O)n(CC)c2c1. The van der Waals surface area contributed by atoms with Gasteiger partial charge in [-0.05, 0) is 32.0 Å². The molecule has 0 aliphatic carbocycles. The molecule has 6 nitrogen and oxygen atoms in total. The van der Waals surface area contributed by atoms with E-state index in [2.05, 4.69) is 4.74 Å². The molecule has 0 fully saturated rings. The normalized spacial score (nSPS) is 10.6. The summed E-state index contributed by atoms with van der Waals surface area (Å²) in [5.74, 6) is -2.13. The number of rotatable bonds is 4. The third-order valence-electron chi connectivity index (χ3n) is 2.71. The largest absolute Gasteiger partial charge is 0.460 e. The highest BCUT2D eigenvalue weighted by atomic mass is 16.5. The maximum absolute atomic E-state index is 11.8. The van der Waals surface area contributed by atoms with Gasteiger partial charge < -0.3 is 9.15 Å². The molecule has 1 heterocycles. The van der Waals surface area contributed by atoms with E-state index in [1.165, 1.54) is 22.8 Å². The van der Waals surface area contributed by atoms with Gasteiger partial charge in [-0.2, -0.15) is 0 Å². The Morgan fingerprint density at radius 3 is 2.68 bits per heavy atom. The van der Waals surface area contributed by atoms with E-state index in [1.54, 1.807) is 13.8 Å². The predicted octanol–water partition coefficient (Wildman–Crippen LogP) is 1.36. The number of nitrogens with zero attached hydrogens (tertiary/aromatic N) is 1. The molecule has 0 saturated heterocycles. The number of fused-ring (bicyclic) bond motifs is 1. The average Bonchev–Trinajstić information content (AvgIpc) is 2.72. The fraction of sp³-hybridized carbons (Fsp3) is 0.308. The number of benzene rings is 1. The van der Waals surface area contributed by atoms with E-state index in [9.17, 15) is 14.4 Å². The summed E-state index contributed by atoms with van der Waals surface area (Å²) in [6, 6.07) is 4.39. The highest BCUT2D eigenvalue weighted by molar-refractivity contribution is 6.40. The van der Waals surface area contributed by atoms with Crippen molar-refractivity contribution < 1.29 is 18.7 Å². The van der Waals surface area contributed by atoms with Gasteiger partial charge in [0.05, 0.1) is 12.1 Å². The van der Waals surface area contributed by atoms with Crippen LogP contribution >= 0.6 is 0 Å². The number of carbonyl (C=O) groups excluding carboxylic acids is 2. The number of hydrogen-bond acceptors (Lipinski definition) is 5. The molecule has 19 heavy (non-hydrogen) atoms. The molecule has 100 valence electrons. The molecule has 0 bridgehead atoms. The summed E-state index contributed by atoms with van der Waals surface area (Å²) in [6.07, 6.45) is 0. The van der Waals surface area contributed by atoms with Crippen molar-refractivity contribution in [3.63, 3.8) is 0 Å². The highest BCUT2D eigenvalue weighted by Crippen LogP contribution is 2.16. The molecule has 0 radical (unpaired) electrons. The quantitative estimate of drug-likeness (QED) is 0.473. The second-order valence-electron chi connectivity index (χ2n) is 3.84. The first kappa shape index (κ1) is 13.1. The smallest absolute Gasteiger partial charge is 0.419 e. The molecule has 1 aromatic heterocycles. The summed E-state index contributed by atoms with van der Waals surface area (Å²) < 4.78 is 11.1. The molecule has 0 atom stereocenters. The van der Waals surface area contributed by atoms with Gasteiger partial charge >= 0.3 is 11.7 Å². The number of hydrogen-bond donors (Lipinski definition) is 0. The van der Waals surface area contributed by atoms with Crippen LogP contribution in [-0.2, 0) is 16.1 Å². The van der Waals surface area contributed by atoms with E-state index in [0.29, 0.717) is 17.6 Å². The minimum atomic E-state index is -0.907. The number of ketones is 1. The Hall–Kier alpha value is -2.37. The fourth-order valence-electron chi connectivity index (χ4n) is 1.82. The van der Waals surface area contributed by atoms with E-state index in [0.717, 1.165) is 0 Å². The Morgan fingerprint density at radius 1 is 1.32 bits per heavy atom. The van der Waals surface area contributed by atoms with Crippen LogP contribution in [0.2, 0.25) is 0 Å². The Kier molecular flexibility index (Phi) is 3.50. The lowest BCUT2D eigenvalue weighted by atomic mass is 10.1. The standard InChI is InChI=1S/C13H13NO5/c1-3-14-9-7-8(11(15)12(16)18-4-2)5-6-10(9)19-13(14)17/h5-7H,3-4H2,1-2H3. The van der Waals surface area contributed by atoms with Crippen molar-refractivity contribution in [1.82, 2.24) is 4.57 Å². The number of oxazole rings is 1. The van der Waals surface area contributed by atoms with Gasteiger partial charge in [-0.25, -0.2) is 9.59 Å². The molecule has 0 spiro atoms. The first-order valence-corrected chi connectivity index (χ1v) is 5.93. The van der Waals surface area contributed by atoms with Crippen LogP contribution in [0.1, 0.15) is 24.2 Å². The van der Waals surface area contributed by atoms with Crippen molar-refractivity contribution in [2.24, 2.45) is 0 Å². The van der Waals surface area contributed by atoms with Gasteiger partial charge in [0.15, 0.2) is 5.58 Å². The lowest BCUT2D eigenvalue weighted by Crippen LogP contribution is -2.17. The molecule has 0 amide bonds. The number of aryl methyl sites for hydroxylation is 1. The zero-order valence-electron chi connectivity index (χ0n) is 10.6. The second-order valence-corrected chi connectivity index (χ2v) is 3.84. The average molecular weight is 263 g/mol. The molecule has 0 unspecified atom stereocenters. The molecular weight excluding hydrogens is 250 g/mol. The zero-order chi connectivity index (χ0) is 14.0. The van der Waals surface area contributed by atoms with Crippen LogP contribution in [0.3, 0.4) is 0 Å². The van der Waals surface area contributed by atoms with Crippen LogP contribution in [0, 0.1) is 0 Å². The summed E-state index contributed by atoms with van der Waals surface area (Å²) in [6.45, 7) is 3.97. The fourth-order valence-corrected chi connectivity index (χ4v) is 1.82. The summed E-state index contributed by atoms with van der Waals surface area (Å²) in [5, 5.41) is 0. The summed E-state index contributed by atoms with van der Waals surface area (Å²) >= 11 is 0. The molecular formula is C13H13NO5. The molecule has 0 N–H and O–H groups in total. The first-order chi connectivity index (χ1) is 9.08. The third kappa shape index (κ3) is 2.29. The number of carbonyl (C=O) groups is 2. The minimum absolute atomic E-state index is 0.137. The summed E-state index contributed by atoms with van der Waals surface area (Å²) in [4.78, 5) is 34.7. The van der Waals surface area contributed by atoms with Crippen LogP contribution in [-0.4, -0.2) is 22.9 Å². The number of Topliss-reactive ketones (excluding diaryl/α,β-unsaturated/α-hetero) is 1. The van der Waals surface area contributed by atoms with Gasteiger partial charge in [0, 0.05) is 12.1 Å². The van der Waals surface area contributed by atoms with Crippen molar-refractivity contribution in [3.8, 4) is 0 Å².